The molecule has 2 aromatic rings. The second-order valence-corrected chi connectivity index (χ2v) is 6.39. The zero-order valence-electron chi connectivity index (χ0n) is 13.3. The molecule has 0 unspecified atom stereocenters. The van der Waals surface area contributed by atoms with Crippen molar-refractivity contribution >= 4 is 17.2 Å². The van der Waals surface area contributed by atoms with Crippen molar-refractivity contribution in [2.24, 2.45) is 0 Å². The minimum absolute atomic E-state index is 0.265. The van der Waals surface area contributed by atoms with Gasteiger partial charge in [0.25, 0.3) is 0 Å². The Kier molecular flexibility index (Phi) is 4.07. The van der Waals surface area contributed by atoms with Crippen LogP contribution in [0.5, 0.6) is 11.5 Å². The summed E-state index contributed by atoms with van der Waals surface area (Å²) in [5, 5.41) is 0.553. The van der Waals surface area contributed by atoms with Crippen LogP contribution in [0.2, 0.25) is 5.02 Å². The van der Waals surface area contributed by atoms with E-state index in [0.717, 1.165) is 16.7 Å². The zero-order chi connectivity index (χ0) is 16.6. The Balaban J connectivity index is 2.17. The van der Waals surface area contributed by atoms with Gasteiger partial charge in [0.05, 0.1) is 11.6 Å². The fraction of sp³-hybridized carbons (Fsp3) is 0.263. The van der Waals surface area contributed by atoms with Crippen molar-refractivity contribution in [3.05, 3.63) is 64.4 Å². The first-order chi connectivity index (χ1) is 10.9. The molecule has 0 amide bonds. The Labute approximate surface area is 140 Å². The summed E-state index contributed by atoms with van der Waals surface area (Å²) in [6, 6.07) is 10.0. The highest BCUT2D eigenvalue weighted by Crippen LogP contribution is 2.45. The third kappa shape index (κ3) is 3.20. The lowest BCUT2D eigenvalue weighted by Gasteiger charge is -2.32. The minimum Gasteiger partial charge on any atom is -0.494 e. The molecule has 0 fully saturated rings. The van der Waals surface area contributed by atoms with Crippen LogP contribution in [0.1, 0.15) is 31.9 Å². The highest BCUT2D eigenvalue weighted by Gasteiger charge is 2.29. The zero-order valence-corrected chi connectivity index (χ0v) is 14.1. The summed E-state index contributed by atoms with van der Waals surface area (Å²) in [7, 11) is 0. The molecule has 4 heteroatoms. The number of halogens is 2. The van der Waals surface area contributed by atoms with Crippen molar-refractivity contribution in [2.45, 2.75) is 26.4 Å². The third-order valence-electron chi connectivity index (χ3n) is 3.63. The average Bonchev–Trinajstić information content (AvgIpc) is 2.46. The van der Waals surface area contributed by atoms with E-state index in [4.69, 9.17) is 21.1 Å². The van der Waals surface area contributed by atoms with Gasteiger partial charge in [0, 0.05) is 11.6 Å². The molecule has 120 valence electrons. The molecule has 0 atom stereocenters. The van der Waals surface area contributed by atoms with Crippen LogP contribution in [-0.4, -0.2) is 12.2 Å². The van der Waals surface area contributed by atoms with E-state index in [1.165, 1.54) is 12.1 Å². The van der Waals surface area contributed by atoms with Crippen molar-refractivity contribution in [1.29, 1.82) is 0 Å². The molecule has 0 aromatic heterocycles. The van der Waals surface area contributed by atoms with E-state index in [0.29, 0.717) is 23.1 Å². The lowest BCUT2D eigenvalue weighted by Crippen LogP contribution is -2.29. The topological polar surface area (TPSA) is 18.5 Å². The average molecular weight is 333 g/mol. The SMILES string of the molecule is CCOc1cc(Cl)c2c(c1)OC(C)(C)C=C2c1ccc(F)cc1. The number of ether oxygens (including phenoxy) is 2. The molecule has 2 nitrogen and oxygen atoms in total. The Bertz CT molecular complexity index is 764. The molecule has 0 N–H and O–H groups in total. The summed E-state index contributed by atoms with van der Waals surface area (Å²) in [6.07, 6.45) is 2.01. The van der Waals surface area contributed by atoms with Crippen molar-refractivity contribution in [3.8, 4) is 11.5 Å². The van der Waals surface area contributed by atoms with Gasteiger partial charge in [0.15, 0.2) is 0 Å². The van der Waals surface area contributed by atoms with Gasteiger partial charge in [-0.25, -0.2) is 4.39 Å². The molecule has 0 bridgehead atoms. The maximum Gasteiger partial charge on any atom is 0.133 e. The van der Waals surface area contributed by atoms with Gasteiger partial charge in [0.1, 0.15) is 22.9 Å². The molecule has 1 heterocycles. The summed E-state index contributed by atoms with van der Waals surface area (Å²) in [4.78, 5) is 0. The van der Waals surface area contributed by atoms with Gasteiger partial charge in [-0.05, 0) is 56.2 Å². The highest BCUT2D eigenvalue weighted by atomic mass is 35.5. The first-order valence-corrected chi connectivity index (χ1v) is 7.92. The maximum absolute atomic E-state index is 13.2. The lowest BCUT2D eigenvalue weighted by atomic mass is 9.90. The maximum atomic E-state index is 13.2. The van der Waals surface area contributed by atoms with Crippen molar-refractivity contribution in [1.82, 2.24) is 0 Å². The second kappa shape index (κ2) is 5.89. The van der Waals surface area contributed by atoms with Crippen molar-refractivity contribution in [3.63, 3.8) is 0 Å². The van der Waals surface area contributed by atoms with Crippen LogP contribution >= 0.6 is 11.6 Å². The van der Waals surface area contributed by atoms with E-state index in [2.05, 4.69) is 0 Å². The molecule has 0 spiro atoms. The highest BCUT2D eigenvalue weighted by molar-refractivity contribution is 6.33. The second-order valence-electron chi connectivity index (χ2n) is 5.98. The summed E-state index contributed by atoms with van der Waals surface area (Å²) in [5.74, 6) is 1.08. The van der Waals surface area contributed by atoms with E-state index in [-0.39, 0.29) is 5.82 Å². The number of benzene rings is 2. The molecular weight excluding hydrogens is 315 g/mol. The van der Waals surface area contributed by atoms with E-state index in [9.17, 15) is 4.39 Å². The Morgan fingerprint density at radius 2 is 1.87 bits per heavy atom. The largest absolute Gasteiger partial charge is 0.494 e. The Morgan fingerprint density at radius 3 is 2.52 bits per heavy atom. The molecule has 0 saturated carbocycles. The Hall–Kier alpha value is -2.00. The van der Waals surface area contributed by atoms with Gasteiger partial charge >= 0.3 is 0 Å². The molecule has 0 radical (unpaired) electrons. The molecule has 23 heavy (non-hydrogen) atoms. The van der Waals surface area contributed by atoms with Gasteiger partial charge in [-0.3, -0.25) is 0 Å². The fourth-order valence-corrected chi connectivity index (χ4v) is 3.04. The van der Waals surface area contributed by atoms with E-state index in [1.54, 1.807) is 18.2 Å². The van der Waals surface area contributed by atoms with Gasteiger partial charge in [-0.1, -0.05) is 23.7 Å². The van der Waals surface area contributed by atoms with Crippen LogP contribution in [0.3, 0.4) is 0 Å². The molecule has 0 saturated heterocycles. The van der Waals surface area contributed by atoms with Gasteiger partial charge < -0.3 is 9.47 Å². The molecule has 2 aromatic carbocycles. The first-order valence-electron chi connectivity index (χ1n) is 7.54. The first kappa shape index (κ1) is 15.9. The van der Waals surface area contributed by atoms with E-state index in [1.807, 2.05) is 32.9 Å². The van der Waals surface area contributed by atoms with E-state index < -0.39 is 5.60 Å². The normalized spacial score (nSPS) is 15.4. The van der Waals surface area contributed by atoms with Crippen LogP contribution in [-0.2, 0) is 0 Å². The van der Waals surface area contributed by atoms with Crippen LogP contribution in [0.25, 0.3) is 5.57 Å². The smallest absolute Gasteiger partial charge is 0.133 e. The van der Waals surface area contributed by atoms with Crippen LogP contribution < -0.4 is 9.47 Å². The van der Waals surface area contributed by atoms with Crippen LogP contribution in [0, 0.1) is 5.82 Å². The van der Waals surface area contributed by atoms with Gasteiger partial charge in [-0.15, -0.1) is 0 Å². The molecular formula is C19H18ClFO2. The minimum atomic E-state index is -0.495. The molecule has 1 aliphatic heterocycles. The van der Waals surface area contributed by atoms with Crippen LogP contribution in [0.15, 0.2) is 42.5 Å². The monoisotopic (exact) mass is 332 g/mol. The van der Waals surface area contributed by atoms with Gasteiger partial charge in [0.2, 0.25) is 0 Å². The number of hydrogen-bond donors (Lipinski definition) is 0. The summed E-state index contributed by atoms with van der Waals surface area (Å²) >= 11 is 6.48. The molecule has 3 rings (SSSR count). The van der Waals surface area contributed by atoms with Crippen molar-refractivity contribution in [2.75, 3.05) is 6.61 Å². The van der Waals surface area contributed by atoms with Crippen LogP contribution in [0.4, 0.5) is 4.39 Å². The predicted octanol–water partition coefficient (Wildman–Crippen LogP) is 5.48. The van der Waals surface area contributed by atoms with Crippen molar-refractivity contribution < 1.29 is 13.9 Å². The third-order valence-corrected chi connectivity index (χ3v) is 3.93. The lowest BCUT2D eigenvalue weighted by molar-refractivity contribution is 0.157. The molecule has 0 aliphatic carbocycles. The van der Waals surface area contributed by atoms with Gasteiger partial charge in [-0.2, -0.15) is 0 Å². The molecule has 1 aliphatic rings. The number of fused-ring (bicyclic) bond motifs is 1. The van der Waals surface area contributed by atoms with E-state index >= 15 is 0 Å². The summed E-state index contributed by atoms with van der Waals surface area (Å²) in [6.45, 7) is 6.42. The number of rotatable bonds is 3. The Morgan fingerprint density at radius 1 is 1.17 bits per heavy atom. The quantitative estimate of drug-likeness (QED) is 0.741. The summed E-state index contributed by atoms with van der Waals surface area (Å²) < 4.78 is 24.8. The summed E-state index contributed by atoms with van der Waals surface area (Å²) in [5.41, 5.74) is 2.14. The number of hydrogen-bond acceptors (Lipinski definition) is 2. The fourth-order valence-electron chi connectivity index (χ4n) is 2.74. The standard InChI is InChI=1S/C19H18ClFO2/c1-4-22-14-9-16(20)18-15(12-5-7-13(21)8-6-12)11-19(2,3)23-17(18)10-14/h5-11H,4H2,1-3H3. The predicted molar refractivity (Wildman–Crippen MR) is 90.8 cm³/mol.